The minimum absolute atomic E-state index is 0.0478. The van der Waals surface area contributed by atoms with Crippen molar-refractivity contribution in [1.82, 2.24) is 4.90 Å². The molecule has 3 saturated heterocycles. The van der Waals surface area contributed by atoms with Gasteiger partial charge >= 0.3 is 12.1 Å². The van der Waals surface area contributed by atoms with Gasteiger partial charge in [0.15, 0.2) is 5.60 Å². The van der Waals surface area contributed by atoms with Gasteiger partial charge in [0.1, 0.15) is 0 Å². The number of hydrogen-bond acceptors (Lipinski definition) is 5. The smallest absolute Gasteiger partial charge is 0.416 e. The van der Waals surface area contributed by atoms with Crippen LogP contribution in [0.2, 0.25) is 0 Å². The number of benzene rings is 2. The lowest BCUT2D eigenvalue weighted by Crippen LogP contribution is -2.49. The van der Waals surface area contributed by atoms with Gasteiger partial charge in [0.05, 0.1) is 18.8 Å². The summed E-state index contributed by atoms with van der Waals surface area (Å²) < 4.78 is 49.2. The third-order valence-electron chi connectivity index (χ3n) is 7.00. The van der Waals surface area contributed by atoms with Crippen LogP contribution < -0.4 is 4.90 Å². The van der Waals surface area contributed by atoms with Crippen LogP contribution in [0.25, 0.3) is 0 Å². The molecule has 0 aliphatic carbocycles. The number of anilines is 1. The normalized spacial score (nSPS) is 23.4. The van der Waals surface area contributed by atoms with Gasteiger partial charge in [-0.15, -0.1) is 0 Å². The van der Waals surface area contributed by atoms with Crippen LogP contribution >= 0.6 is 0 Å². The predicted octanol–water partition coefficient (Wildman–Crippen LogP) is 3.70. The molecule has 3 fully saturated rings. The Kier molecular flexibility index (Phi) is 5.55. The van der Waals surface area contributed by atoms with Crippen LogP contribution in [0.3, 0.4) is 0 Å². The zero-order valence-corrected chi connectivity index (χ0v) is 18.7. The minimum atomic E-state index is -4.34. The molecular weight excluding hydrogens is 449 g/mol. The number of fused-ring (bicyclic) bond motifs is 1. The minimum Gasteiger partial charge on any atom is -0.449 e. The van der Waals surface area contributed by atoms with Crippen molar-refractivity contribution in [2.45, 2.75) is 18.7 Å². The molecule has 180 valence electrons. The standard InChI is InChI=1S/C25H25F3N2O4/c1-16(31)34-24(14-33-15-24)20-4-2-17(3-5-20)23(32)30-12-18-10-29(11-19(18)13-30)22-8-6-21(7-9-22)25(26,27)28/h2-9,18-19H,10-15H2,1H3. The van der Waals surface area contributed by atoms with Gasteiger partial charge in [0.2, 0.25) is 0 Å². The van der Waals surface area contributed by atoms with E-state index in [1.165, 1.54) is 19.1 Å². The van der Waals surface area contributed by atoms with E-state index in [9.17, 15) is 22.8 Å². The van der Waals surface area contributed by atoms with Gasteiger partial charge in [-0.25, -0.2) is 0 Å². The Morgan fingerprint density at radius 2 is 1.53 bits per heavy atom. The maximum absolute atomic E-state index is 13.1. The Labute approximate surface area is 195 Å². The Balaban J connectivity index is 1.20. The van der Waals surface area contributed by atoms with Crippen molar-refractivity contribution in [1.29, 1.82) is 0 Å². The fourth-order valence-electron chi connectivity index (χ4n) is 5.18. The van der Waals surface area contributed by atoms with Crippen LogP contribution in [-0.4, -0.2) is 56.2 Å². The lowest BCUT2D eigenvalue weighted by molar-refractivity contribution is -0.216. The van der Waals surface area contributed by atoms with Gasteiger partial charge < -0.3 is 19.3 Å². The van der Waals surface area contributed by atoms with E-state index in [0.29, 0.717) is 45.0 Å². The van der Waals surface area contributed by atoms with E-state index in [4.69, 9.17) is 9.47 Å². The van der Waals surface area contributed by atoms with Crippen molar-refractivity contribution in [3.8, 4) is 0 Å². The number of rotatable bonds is 4. The number of nitrogens with zero attached hydrogens (tertiary/aromatic N) is 2. The highest BCUT2D eigenvalue weighted by molar-refractivity contribution is 5.94. The molecule has 3 aliphatic rings. The molecule has 0 spiro atoms. The molecule has 34 heavy (non-hydrogen) atoms. The van der Waals surface area contributed by atoms with Crippen molar-refractivity contribution in [2.24, 2.45) is 11.8 Å². The summed E-state index contributed by atoms with van der Waals surface area (Å²) in [5.74, 6) is 0.139. The first-order valence-corrected chi connectivity index (χ1v) is 11.2. The number of carbonyl (C=O) groups excluding carboxylic acids is 2. The van der Waals surface area contributed by atoms with Crippen LogP contribution in [0.1, 0.15) is 28.4 Å². The van der Waals surface area contributed by atoms with Gasteiger partial charge in [-0.3, -0.25) is 9.59 Å². The number of halogens is 3. The van der Waals surface area contributed by atoms with Crippen molar-refractivity contribution in [3.05, 3.63) is 65.2 Å². The molecule has 0 bridgehead atoms. The Morgan fingerprint density at radius 1 is 0.941 bits per heavy atom. The van der Waals surface area contributed by atoms with Crippen molar-refractivity contribution < 1.29 is 32.2 Å². The topological polar surface area (TPSA) is 59.1 Å². The van der Waals surface area contributed by atoms with Crippen LogP contribution in [0, 0.1) is 11.8 Å². The van der Waals surface area contributed by atoms with Gasteiger partial charge in [-0.05, 0) is 36.4 Å². The highest BCUT2D eigenvalue weighted by Gasteiger charge is 2.45. The number of hydrogen-bond donors (Lipinski definition) is 0. The molecule has 2 unspecified atom stereocenters. The van der Waals surface area contributed by atoms with E-state index in [0.717, 1.165) is 23.4 Å². The summed E-state index contributed by atoms with van der Waals surface area (Å²) in [6.07, 6.45) is -4.34. The lowest BCUT2D eigenvalue weighted by atomic mass is 9.91. The average molecular weight is 474 g/mol. The summed E-state index contributed by atoms with van der Waals surface area (Å²) in [6.45, 7) is 4.62. The van der Waals surface area contributed by atoms with Crippen LogP contribution in [0.5, 0.6) is 0 Å². The molecule has 2 atom stereocenters. The summed E-state index contributed by atoms with van der Waals surface area (Å²) in [5.41, 5.74) is 0.719. The summed E-state index contributed by atoms with van der Waals surface area (Å²) in [5, 5.41) is 0. The maximum Gasteiger partial charge on any atom is 0.416 e. The molecule has 0 saturated carbocycles. The largest absolute Gasteiger partial charge is 0.449 e. The number of esters is 1. The van der Waals surface area contributed by atoms with Gasteiger partial charge in [-0.1, -0.05) is 12.1 Å². The summed E-state index contributed by atoms with van der Waals surface area (Å²) in [4.78, 5) is 28.5. The summed E-state index contributed by atoms with van der Waals surface area (Å²) in [6, 6.07) is 12.4. The number of carbonyl (C=O) groups is 2. The Morgan fingerprint density at radius 3 is 2.00 bits per heavy atom. The summed E-state index contributed by atoms with van der Waals surface area (Å²) in [7, 11) is 0. The third-order valence-corrected chi connectivity index (χ3v) is 7.00. The first-order valence-electron chi connectivity index (χ1n) is 11.2. The second-order valence-electron chi connectivity index (χ2n) is 9.34. The molecule has 2 aromatic carbocycles. The molecule has 0 radical (unpaired) electrons. The zero-order valence-electron chi connectivity index (χ0n) is 18.7. The van der Waals surface area contributed by atoms with Gasteiger partial charge in [0, 0.05) is 61.8 Å². The Bertz CT molecular complexity index is 1070. The quantitative estimate of drug-likeness (QED) is 0.633. The SMILES string of the molecule is CC(=O)OC1(c2ccc(C(=O)N3CC4CN(c5ccc(C(F)(F)F)cc5)CC4C3)cc2)COC1. The van der Waals surface area contributed by atoms with Gasteiger partial charge in [-0.2, -0.15) is 13.2 Å². The fraction of sp³-hybridized carbons (Fsp3) is 0.440. The van der Waals surface area contributed by atoms with E-state index in [2.05, 4.69) is 4.90 Å². The van der Waals surface area contributed by atoms with Crippen molar-refractivity contribution in [3.63, 3.8) is 0 Å². The van der Waals surface area contributed by atoms with E-state index in [1.807, 2.05) is 17.0 Å². The van der Waals surface area contributed by atoms with Crippen LogP contribution in [0.4, 0.5) is 18.9 Å². The second-order valence-corrected chi connectivity index (χ2v) is 9.34. The number of ether oxygens (including phenoxy) is 2. The molecule has 5 rings (SSSR count). The monoisotopic (exact) mass is 474 g/mol. The molecule has 0 N–H and O–H groups in total. The zero-order chi connectivity index (χ0) is 24.1. The number of amides is 1. The second kappa shape index (κ2) is 8.30. The van der Waals surface area contributed by atoms with E-state index < -0.39 is 17.3 Å². The molecular formula is C25H25F3N2O4. The molecule has 3 aliphatic heterocycles. The van der Waals surface area contributed by atoms with E-state index in [1.54, 1.807) is 12.1 Å². The molecule has 6 nitrogen and oxygen atoms in total. The number of likely N-dealkylation sites (tertiary alicyclic amines) is 1. The predicted molar refractivity (Wildman–Crippen MR) is 117 cm³/mol. The summed E-state index contributed by atoms with van der Waals surface area (Å²) >= 11 is 0. The third kappa shape index (κ3) is 4.13. The van der Waals surface area contributed by atoms with Crippen LogP contribution in [0.15, 0.2) is 48.5 Å². The number of alkyl halides is 3. The van der Waals surface area contributed by atoms with E-state index in [-0.39, 0.29) is 23.7 Å². The molecule has 2 aromatic rings. The average Bonchev–Trinajstić information content (AvgIpc) is 3.35. The lowest BCUT2D eigenvalue weighted by Gasteiger charge is -2.40. The maximum atomic E-state index is 13.1. The molecule has 0 aromatic heterocycles. The van der Waals surface area contributed by atoms with Crippen molar-refractivity contribution in [2.75, 3.05) is 44.3 Å². The fourth-order valence-corrected chi connectivity index (χ4v) is 5.18. The highest BCUT2D eigenvalue weighted by Crippen LogP contribution is 2.37. The highest BCUT2D eigenvalue weighted by atomic mass is 19.4. The first-order chi connectivity index (χ1) is 16.1. The molecule has 9 heteroatoms. The van der Waals surface area contributed by atoms with E-state index >= 15 is 0 Å². The molecule has 1 amide bonds. The Hall–Kier alpha value is -3.07. The van der Waals surface area contributed by atoms with Crippen molar-refractivity contribution >= 4 is 17.6 Å². The van der Waals surface area contributed by atoms with Crippen LogP contribution in [-0.2, 0) is 26.0 Å². The van der Waals surface area contributed by atoms with Gasteiger partial charge in [0.25, 0.3) is 5.91 Å². The first kappa shape index (κ1) is 22.7. The molecule has 3 heterocycles.